The Morgan fingerprint density at radius 1 is 1.18 bits per heavy atom. The molecule has 2 heteroatoms. The number of aromatic nitrogens is 1. The molecule has 2 rings (SSSR count). The summed E-state index contributed by atoms with van der Waals surface area (Å²) < 4.78 is 0. The van der Waals surface area contributed by atoms with Crippen LogP contribution in [0, 0.1) is 0 Å². The predicted molar refractivity (Wildman–Crippen MR) is 73.1 cm³/mol. The second-order valence-corrected chi connectivity index (χ2v) is 4.34. The summed E-state index contributed by atoms with van der Waals surface area (Å²) in [5.41, 5.74) is 2.45. The summed E-state index contributed by atoms with van der Waals surface area (Å²) in [7, 11) is 0. The van der Waals surface area contributed by atoms with Crippen LogP contribution in [-0.4, -0.2) is 11.5 Å². The number of nitrogens with zero attached hydrogens (tertiary/aromatic N) is 1. The minimum absolute atomic E-state index is 0.411. The van der Waals surface area contributed by atoms with E-state index in [4.69, 9.17) is 0 Å². The lowest BCUT2D eigenvalue weighted by atomic mass is 10.0. The summed E-state index contributed by atoms with van der Waals surface area (Å²) in [5.74, 6) is 0. The van der Waals surface area contributed by atoms with Crippen LogP contribution in [0.15, 0.2) is 36.5 Å². The lowest BCUT2D eigenvalue weighted by Gasteiger charge is -2.18. The molecule has 2 aromatic rings. The maximum Gasteiger partial charge on any atom is 0.0749 e. The van der Waals surface area contributed by atoms with Gasteiger partial charge >= 0.3 is 0 Å². The second-order valence-electron chi connectivity index (χ2n) is 4.34. The minimum atomic E-state index is 0.411. The zero-order chi connectivity index (χ0) is 12.1. The molecule has 0 saturated carbocycles. The van der Waals surface area contributed by atoms with Gasteiger partial charge in [0.05, 0.1) is 5.52 Å². The van der Waals surface area contributed by atoms with Crippen molar-refractivity contribution in [1.29, 1.82) is 0 Å². The third-order valence-corrected chi connectivity index (χ3v) is 3.09. The van der Waals surface area contributed by atoms with E-state index in [1.807, 2.05) is 12.3 Å². The van der Waals surface area contributed by atoms with Gasteiger partial charge in [0.2, 0.25) is 0 Å². The van der Waals surface area contributed by atoms with Crippen molar-refractivity contribution in [3.63, 3.8) is 0 Å². The van der Waals surface area contributed by atoms with Crippen molar-refractivity contribution >= 4 is 10.9 Å². The normalized spacial score (nSPS) is 12.8. The molecule has 0 spiro atoms. The number of hydrogen-bond donors (Lipinski definition) is 1. The molecule has 1 aromatic carbocycles. The molecule has 1 unspecified atom stereocenters. The Labute approximate surface area is 103 Å². The van der Waals surface area contributed by atoms with E-state index in [0.717, 1.165) is 24.9 Å². The fourth-order valence-electron chi connectivity index (χ4n) is 2.20. The molecule has 0 aliphatic carbocycles. The van der Waals surface area contributed by atoms with E-state index in [-0.39, 0.29) is 0 Å². The van der Waals surface area contributed by atoms with E-state index in [1.54, 1.807) is 0 Å². The van der Waals surface area contributed by atoms with Gasteiger partial charge in [-0.2, -0.15) is 0 Å². The fraction of sp³-hybridized carbons (Fsp3) is 0.400. The summed E-state index contributed by atoms with van der Waals surface area (Å²) in [6.07, 6.45) is 4.13. The Morgan fingerprint density at radius 3 is 2.76 bits per heavy atom. The van der Waals surface area contributed by atoms with Crippen molar-refractivity contribution in [1.82, 2.24) is 10.3 Å². The Balaban J connectivity index is 2.38. The molecule has 0 fully saturated rings. The van der Waals surface area contributed by atoms with Gasteiger partial charge in [0.15, 0.2) is 0 Å². The van der Waals surface area contributed by atoms with E-state index < -0.39 is 0 Å². The standard InChI is InChI=1S/C15H20N2/c1-3-10-16-14(4-2)13-9-5-7-12-8-6-11-17-15(12)13/h5-9,11,14,16H,3-4,10H2,1-2H3. The predicted octanol–water partition coefficient (Wildman–Crippen LogP) is 3.69. The Bertz CT molecular complexity index is 474. The number of hydrogen-bond acceptors (Lipinski definition) is 2. The summed E-state index contributed by atoms with van der Waals surface area (Å²) in [6.45, 7) is 5.47. The van der Waals surface area contributed by atoms with Crippen LogP contribution in [0.5, 0.6) is 0 Å². The maximum absolute atomic E-state index is 4.52. The van der Waals surface area contributed by atoms with Crippen LogP contribution in [0.2, 0.25) is 0 Å². The number of rotatable bonds is 5. The van der Waals surface area contributed by atoms with Crippen LogP contribution >= 0.6 is 0 Å². The Hall–Kier alpha value is -1.41. The third-order valence-electron chi connectivity index (χ3n) is 3.09. The lowest BCUT2D eigenvalue weighted by Crippen LogP contribution is -2.21. The van der Waals surface area contributed by atoms with E-state index in [0.29, 0.717) is 6.04 Å². The highest BCUT2D eigenvalue weighted by atomic mass is 14.9. The van der Waals surface area contributed by atoms with Crippen LogP contribution in [0.1, 0.15) is 38.3 Å². The quantitative estimate of drug-likeness (QED) is 0.844. The Morgan fingerprint density at radius 2 is 2.00 bits per heavy atom. The van der Waals surface area contributed by atoms with Gasteiger partial charge < -0.3 is 5.32 Å². The molecule has 0 bridgehead atoms. The number of nitrogens with one attached hydrogen (secondary N) is 1. The smallest absolute Gasteiger partial charge is 0.0749 e. The van der Waals surface area contributed by atoms with Crippen LogP contribution in [-0.2, 0) is 0 Å². The molecule has 0 aliphatic heterocycles. The lowest BCUT2D eigenvalue weighted by molar-refractivity contribution is 0.521. The molecule has 1 atom stereocenters. The first-order chi connectivity index (χ1) is 8.36. The minimum Gasteiger partial charge on any atom is -0.310 e. The number of pyridine rings is 1. The van der Waals surface area contributed by atoms with Crippen molar-refractivity contribution in [2.75, 3.05) is 6.54 Å². The van der Waals surface area contributed by atoms with E-state index in [9.17, 15) is 0 Å². The SMILES string of the molecule is CCCNC(CC)c1cccc2cccnc12. The van der Waals surface area contributed by atoms with Gasteiger partial charge in [-0.1, -0.05) is 38.1 Å². The van der Waals surface area contributed by atoms with Crippen LogP contribution in [0.4, 0.5) is 0 Å². The average Bonchev–Trinajstić information content (AvgIpc) is 2.40. The largest absolute Gasteiger partial charge is 0.310 e. The average molecular weight is 228 g/mol. The van der Waals surface area contributed by atoms with Gasteiger partial charge in [-0.3, -0.25) is 4.98 Å². The molecule has 1 aromatic heterocycles. The summed E-state index contributed by atoms with van der Waals surface area (Å²) in [6, 6.07) is 11.0. The van der Waals surface area contributed by atoms with Gasteiger partial charge in [-0.25, -0.2) is 0 Å². The molecular formula is C15H20N2. The highest BCUT2D eigenvalue weighted by Gasteiger charge is 2.11. The van der Waals surface area contributed by atoms with E-state index >= 15 is 0 Å². The maximum atomic E-state index is 4.52. The molecule has 0 amide bonds. The molecule has 17 heavy (non-hydrogen) atoms. The number of benzene rings is 1. The Kier molecular flexibility index (Phi) is 4.10. The summed E-state index contributed by atoms with van der Waals surface area (Å²) >= 11 is 0. The van der Waals surface area contributed by atoms with Gasteiger partial charge in [0.25, 0.3) is 0 Å². The first-order valence-corrected chi connectivity index (χ1v) is 6.43. The van der Waals surface area contributed by atoms with Crippen molar-refractivity contribution in [2.45, 2.75) is 32.7 Å². The van der Waals surface area contributed by atoms with E-state index in [2.05, 4.69) is 48.4 Å². The van der Waals surface area contributed by atoms with Crippen molar-refractivity contribution in [2.24, 2.45) is 0 Å². The summed E-state index contributed by atoms with van der Waals surface area (Å²) in [4.78, 5) is 4.52. The highest BCUT2D eigenvalue weighted by Crippen LogP contribution is 2.24. The zero-order valence-electron chi connectivity index (χ0n) is 10.6. The van der Waals surface area contributed by atoms with Crippen molar-refractivity contribution < 1.29 is 0 Å². The molecule has 0 saturated heterocycles. The second kappa shape index (κ2) is 5.78. The van der Waals surface area contributed by atoms with Gasteiger partial charge in [0.1, 0.15) is 0 Å². The molecule has 1 heterocycles. The zero-order valence-corrected chi connectivity index (χ0v) is 10.6. The summed E-state index contributed by atoms with van der Waals surface area (Å²) in [5, 5.41) is 4.81. The molecule has 90 valence electrons. The first-order valence-electron chi connectivity index (χ1n) is 6.43. The number of fused-ring (bicyclic) bond motifs is 1. The van der Waals surface area contributed by atoms with Gasteiger partial charge in [0, 0.05) is 17.6 Å². The van der Waals surface area contributed by atoms with E-state index in [1.165, 1.54) is 10.9 Å². The third kappa shape index (κ3) is 2.64. The van der Waals surface area contributed by atoms with Crippen LogP contribution in [0.25, 0.3) is 10.9 Å². The first kappa shape index (κ1) is 12.1. The molecule has 0 aliphatic rings. The molecule has 0 radical (unpaired) electrons. The van der Waals surface area contributed by atoms with Crippen LogP contribution < -0.4 is 5.32 Å². The molecule has 1 N–H and O–H groups in total. The highest BCUT2D eigenvalue weighted by molar-refractivity contribution is 5.81. The fourth-order valence-corrected chi connectivity index (χ4v) is 2.20. The molecule has 2 nitrogen and oxygen atoms in total. The van der Waals surface area contributed by atoms with Gasteiger partial charge in [-0.05, 0) is 31.0 Å². The van der Waals surface area contributed by atoms with Crippen molar-refractivity contribution in [3.05, 3.63) is 42.1 Å². The molecular weight excluding hydrogens is 208 g/mol. The van der Waals surface area contributed by atoms with Crippen LogP contribution in [0.3, 0.4) is 0 Å². The number of para-hydroxylation sites is 1. The topological polar surface area (TPSA) is 24.9 Å². The monoisotopic (exact) mass is 228 g/mol. The van der Waals surface area contributed by atoms with Gasteiger partial charge in [-0.15, -0.1) is 0 Å². The van der Waals surface area contributed by atoms with Crippen molar-refractivity contribution in [3.8, 4) is 0 Å².